The topological polar surface area (TPSA) is 41.5 Å². The van der Waals surface area contributed by atoms with Crippen molar-refractivity contribution >= 4 is 0 Å². The van der Waals surface area contributed by atoms with Crippen LogP contribution in [0.3, 0.4) is 0 Å². The molecule has 0 aliphatic heterocycles. The van der Waals surface area contributed by atoms with Crippen LogP contribution < -0.4 is 5.32 Å². The number of nitrogens with one attached hydrogen (secondary N) is 1. The van der Waals surface area contributed by atoms with Crippen LogP contribution in [-0.4, -0.2) is 37.5 Å². The second-order valence-electron chi connectivity index (χ2n) is 6.10. The van der Waals surface area contributed by atoms with Crippen molar-refractivity contribution in [2.24, 2.45) is 0 Å². The van der Waals surface area contributed by atoms with Crippen LogP contribution >= 0.6 is 0 Å². The van der Waals surface area contributed by atoms with Gasteiger partial charge in [-0.2, -0.15) is 0 Å². The third kappa shape index (κ3) is 10.6. The molecule has 1 fully saturated rings. The zero-order valence-corrected chi connectivity index (χ0v) is 13.2. The molecule has 0 aromatic rings. The Balaban J connectivity index is 2.08. The third-order valence-electron chi connectivity index (χ3n) is 4.24. The summed E-state index contributed by atoms with van der Waals surface area (Å²) >= 11 is 0. The molecule has 1 rings (SSSR count). The maximum Gasteiger partial charge on any atom is 0.0697 e. The first-order valence-electron chi connectivity index (χ1n) is 8.85. The zero-order chi connectivity index (χ0) is 14.3. The second kappa shape index (κ2) is 13.8. The summed E-state index contributed by atoms with van der Waals surface area (Å²) in [6, 6.07) is 0.715. The number of rotatable bonds is 7. The van der Waals surface area contributed by atoms with Gasteiger partial charge in [0, 0.05) is 12.6 Å². The van der Waals surface area contributed by atoms with Gasteiger partial charge in [-0.15, -0.1) is 0 Å². The molecular weight excluding hydrogens is 250 g/mol. The van der Waals surface area contributed by atoms with E-state index < -0.39 is 0 Å². The van der Waals surface area contributed by atoms with E-state index in [2.05, 4.69) is 5.32 Å². The number of aliphatic hydroxyl groups is 1. The smallest absolute Gasteiger partial charge is 0.0697 e. The Hall–Kier alpha value is -0.120. The van der Waals surface area contributed by atoms with Crippen LogP contribution in [0.5, 0.6) is 0 Å². The van der Waals surface area contributed by atoms with Gasteiger partial charge >= 0.3 is 0 Å². The Kier molecular flexibility index (Phi) is 12.4. The normalized spacial score (nSPS) is 20.2. The molecule has 3 heteroatoms. The van der Waals surface area contributed by atoms with Gasteiger partial charge in [-0.3, -0.25) is 0 Å². The summed E-state index contributed by atoms with van der Waals surface area (Å²) in [7, 11) is 0. The lowest BCUT2D eigenvalue weighted by molar-refractivity contribution is 0.0902. The van der Waals surface area contributed by atoms with E-state index in [9.17, 15) is 0 Å². The monoisotopic (exact) mass is 285 g/mol. The Morgan fingerprint density at radius 3 is 1.90 bits per heavy atom. The predicted molar refractivity (Wildman–Crippen MR) is 85.1 cm³/mol. The van der Waals surface area contributed by atoms with E-state index in [1.54, 1.807) is 0 Å². The Bertz CT molecular complexity index is 187. The minimum atomic E-state index is 0.135. The number of hydrogen-bond acceptors (Lipinski definition) is 3. The molecule has 0 amide bonds. The van der Waals surface area contributed by atoms with Crippen LogP contribution in [0.25, 0.3) is 0 Å². The molecular formula is C17H35NO2. The Morgan fingerprint density at radius 1 is 0.800 bits per heavy atom. The molecule has 0 radical (unpaired) electrons. The molecule has 0 aromatic heterocycles. The fourth-order valence-electron chi connectivity index (χ4n) is 3.01. The summed E-state index contributed by atoms with van der Waals surface area (Å²) in [6.07, 6.45) is 16.6. The maximum absolute atomic E-state index is 8.64. The van der Waals surface area contributed by atoms with Crippen molar-refractivity contribution in [2.45, 2.75) is 83.1 Å². The molecule has 0 heterocycles. The lowest BCUT2D eigenvalue weighted by Gasteiger charge is -2.19. The van der Waals surface area contributed by atoms with Crippen LogP contribution in [0.2, 0.25) is 0 Å². The molecule has 120 valence electrons. The van der Waals surface area contributed by atoms with Crippen LogP contribution in [0.15, 0.2) is 0 Å². The SMILES string of the molecule is OCCOCCCNC1CCCCCCCCCCC1. The van der Waals surface area contributed by atoms with E-state index in [0.717, 1.165) is 19.6 Å². The van der Waals surface area contributed by atoms with Gasteiger partial charge < -0.3 is 15.2 Å². The number of aliphatic hydroxyl groups excluding tert-OH is 1. The Labute approximate surface area is 125 Å². The average molecular weight is 285 g/mol. The van der Waals surface area contributed by atoms with E-state index in [0.29, 0.717) is 12.6 Å². The largest absolute Gasteiger partial charge is 0.394 e. The van der Waals surface area contributed by atoms with E-state index in [1.165, 1.54) is 70.6 Å². The summed E-state index contributed by atoms with van der Waals surface area (Å²) in [5.74, 6) is 0. The summed E-state index contributed by atoms with van der Waals surface area (Å²) in [5.41, 5.74) is 0. The molecule has 2 N–H and O–H groups in total. The summed E-state index contributed by atoms with van der Waals surface area (Å²) in [6.45, 7) is 2.43. The average Bonchev–Trinajstić information content (AvgIpc) is 2.45. The van der Waals surface area contributed by atoms with Crippen molar-refractivity contribution in [2.75, 3.05) is 26.4 Å². The van der Waals surface area contributed by atoms with E-state index in [-0.39, 0.29) is 6.61 Å². The van der Waals surface area contributed by atoms with Gasteiger partial charge in [-0.1, -0.05) is 57.8 Å². The van der Waals surface area contributed by atoms with E-state index in [4.69, 9.17) is 9.84 Å². The highest BCUT2D eigenvalue weighted by atomic mass is 16.5. The van der Waals surface area contributed by atoms with Crippen LogP contribution in [0, 0.1) is 0 Å². The van der Waals surface area contributed by atoms with Crippen molar-refractivity contribution in [3.8, 4) is 0 Å². The molecule has 1 saturated carbocycles. The highest BCUT2D eigenvalue weighted by molar-refractivity contribution is 4.68. The van der Waals surface area contributed by atoms with Gasteiger partial charge in [0.1, 0.15) is 0 Å². The minimum absolute atomic E-state index is 0.135. The molecule has 1 aliphatic carbocycles. The van der Waals surface area contributed by atoms with Gasteiger partial charge in [0.05, 0.1) is 13.2 Å². The molecule has 0 spiro atoms. The first-order chi connectivity index (χ1) is 9.93. The quantitative estimate of drug-likeness (QED) is 0.702. The van der Waals surface area contributed by atoms with Crippen LogP contribution in [0.4, 0.5) is 0 Å². The summed E-state index contributed by atoms with van der Waals surface area (Å²) in [4.78, 5) is 0. The second-order valence-corrected chi connectivity index (χ2v) is 6.10. The fraction of sp³-hybridized carbons (Fsp3) is 1.00. The highest BCUT2D eigenvalue weighted by Gasteiger charge is 2.08. The zero-order valence-electron chi connectivity index (χ0n) is 13.2. The van der Waals surface area contributed by atoms with E-state index >= 15 is 0 Å². The first-order valence-corrected chi connectivity index (χ1v) is 8.85. The maximum atomic E-state index is 8.64. The lowest BCUT2D eigenvalue weighted by atomic mass is 9.98. The molecule has 0 aromatic carbocycles. The first kappa shape index (κ1) is 17.9. The molecule has 1 aliphatic rings. The highest BCUT2D eigenvalue weighted by Crippen LogP contribution is 2.16. The van der Waals surface area contributed by atoms with Gasteiger partial charge in [-0.25, -0.2) is 0 Å². The van der Waals surface area contributed by atoms with Crippen molar-refractivity contribution < 1.29 is 9.84 Å². The predicted octanol–water partition coefficient (Wildman–Crippen LogP) is 3.65. The standard InChI is InChI=1S/C17H35NO2/c19-14-16-20-15-10-13-18-17-11-8-6-4-2-1-3-5-7-9-12-17/h17-19H,1-16H2. The Morgan fingerprint density at radius 2 is 1.35 bits per heavy atom. The summed E-state index contributed by atoms with van der Waals surface area (Å²) in [5, 5.41) is 12.3. The molecule has 3 nitrogen and oxygen atoms in total. The lowest BCUT2D eigenvalue weighted by Crippen LogP contribution is -2.30. The van der Waals surface area contributed by atoms with Gasteiger partial charge in [0.2, 0.25) is 0 Å². The van der Waals surface area contributed by atoms with Crippen molar-refractivity contribution in [1.82, 2.24) is 5.32 Å². The van der Waals surface area contributed by atoms with Gasteiger partial charge in [0.15, 0.2) is 0 Å². The van der Waals surface area contributed by atoms with E-state index in [1.807, 2.05) is 0 Å². The number of ether oxygens (including phenoxy) is 1. The molecule has 0 saturated heterocycles. The summed E-state index contributed by atoms with van der Waals surface area (Å²) < 4.78 is 5.29. The third-order valence-corrected chi connectivity index (χ3v) is 4.24. The van der Waals surface area contributed by atoms with Crippen LogP contribution in [-0.2, 0) is 4.74 Å². The molecule has 0 atom stereocenters. The van der Waals surface area contributed by atoms with Crippen molar-refractivity contribution in [1.29, 1.82) is 0 Å². The number of hydrogen-bond donors (Lipinski definition) is 2. The molecule has 20 heavy (non-hydrogen) atoms. The molecule has 0 unspecified atom stereocenters. The molecule has 0 bridgehead atoms. The van der Waals surface area contributed by atoms with Crippen LogP contribution in [0.1, 0.15) is 77.0 Å². The van der Waals surface area contributed by atoms with Crippen molar-refractivity contribution in [3.05, 3.63) is 0 Å². The minimum Gasteiger partial charge on any atom is -0.394 e. The fourth-order valence-corrected chi connectivity index (χ4v) is 3.01. The van der Waals surface area contributed by atoms with Crippen molar-refractivity contribution in [3.63, 3.8) is 0 Å². The van der Waals surface area contributed by atoms with Gasteiger partial charge in [0.25, 0.3) is 0 Å². The van der Waals surface area contributed by atoms with Gasteiger partial charge in [-0.05, 0) is 25.8 Å².